The maximum absolute atomic E-state index is 10.1. The molecule has 0 amide bonds. The maximum atomic E-state index is 10.1. The van der Waals surface area contributed by atoms with Crippen molar-refractivity contribution in [1.82, 2.24) is 10.3 Å². The van der Waals surface area contributed by atoms with Crippen molar-refractivity contribution in [3.05, 3.63) is 35.4 Å². The molecule has 122 valence electrons. The monoisotopic (exact) mass is 314 g/mol. The highest BCUT2D eigenvalue weighted by atomic mass is 16.6. The number of hydrogen-bond acceptors (Lipinski definition) is 5. The summed E-state index contributed by atoms with van der Waals surface area (Å²) in [4.78, 5) is 0. The number of allylic oxidation sites excluding steroid dienone is 1. The Morgan fingerprint density at radius 2 is 2.04 bits per heavy atom. The maximum Gasteiger partial charge on any atom is 0.135 e. The van der Waals surface area contributed by atoms with Gasteiger partial charge in [-0.25, -0.2) is 4.63 Å². The molecule has 1 fully saturated rings. The number of rotatable bonds is 2. The van der Waals surface area contributed by atoms with E-state index in [1.807, 2.05) is 18.2 Å². The van der Waals surface area contributed by atoms with Crippen LogP contribution in [0.3, 0.4) is 0 Å². The predicted molar refractivity (Wildman–Crippen MR) is 85.6 cm³/mol. The van der Waals surface area contributed by atoms with E-state index in [0.29, 0.717) is 18.4 Å². The van der Waals surface area contributed by atoms with E-state index in [1.54, 1.807) is 0 Å². The van der Waals surface area contributed by atoms with Gasteiger partial charge in [0.2, 0.25) is 0 Å². The molecule has 0 saturated carbocycles. The smallest absolute Gasteiger partial charge is 0.135 e. The third-order valence-electron chi connectivity index (χ3n) is 6.15. The largest absolute Gasteiger partial charge is 0.396 e. The van der Waals surface area contributed by atoms with Crippen LogP contribution in [0.4, 0.5) is 0 Å². The van der Waals surface area contributed by atoms with E-state index in [0.717, 1.165) is 16.6 Å². The number of ether oxygens (including phenoxy) is 1. The van der Waals surface area contributed by atoms with Crippen LogP contribution in [0.5, 0.6) is 0 Å². The van der Waals surface area contributed by atoms with Gasteiger partial charge in [-0.1, -0.05) is 31.6 Å². The van der Waals surface area contributed by atoms with Crippen LogP contribution in [0.15, 0.2) is 34.5 Å². The first-order valence-corrected chi connectivity index (χ1v) is 8.20. The minimum atomic E-state index is -0.180. The first kappa shape index (κ1) is 14.8. The second-order valence-corrected chi connectivity index (χ2v) is 7.15. The van der Waals surface area contributed by atoms with Gasteiger partial charge < -0.3 is 9.84 Å². The Kier molecular flexibility index (Phi) is 3.32. The molecular weight excluding hydrogens is 292 g/mol. The van der Waals surface area contributed by atoms with E-state index >= 15 is 0 Å². The highest BCUT2D eigenvalue weighted by Gasteiger charge is 2.53. The van der Waals surface area contributed by atoms with Crippen LogP contribution in [0.2, 0.25) is 0 Å². The Morgan fingerprint density at radius 3 is 2.83 bits per heavy atom. The SMILES string of the molecule is CC1=CC(C)C2(CO)COC(c3ccc4nonc4c3)C1C2C. The van der Waals surface area contributed by atoms with Crippen LogP contribution in [0.25, 0.3) is 11.0 Å². The lowest BCUT2D eigenvalue weighted by atomic mass is 9.56. The molecule has 1 aliphatic heterocycles. The highest BCUT2D eigenvalue weighted by Crippen LogP contribution is 2.55. The third-order valence-corrected chi connectivity index (χ3v) is 6.15. The summed E-state index contributed by atoms with van der Waals surface area (Å²) in [5, 5.41) is 17.8. The molecule has 1 N–H and O–H groups in total. The van der Waals surface area contributed by atoms with Crippen molar-refractivity contribution in [2.75, 3.05) is 13.2 Å². The fraction of sp³-hybridized carbons (Fsp3) is 0.556. The van der Waals surface area contributed by atoms with Gasteiger partial charge in [0, 0.05) is 11.3 Å². The van der Waals surface area contributed by atoms with E-state index in [2.05, 4.69) is 37.2 Å². The van der Waals surface area contributed by atoms with Gasteiger partial charge in [0.1, 0.15) is 11.0 Å². The average Bonchev–Trinajstić information content (AvgIpc) is 3.00. The average molecular weight is 314 g/mol. The molecule has 5 unspecified atom stereocenters. The number of aromatic nitrogens is 2. The minimum absolute atomic E-state index is 0.0190. The first-order valence-electron chi connectivity index (χ1n) is 8.20. The molecule has 4 rings (SSSR count). The zero-order valence-electron chi connectivity index (χ0n) is 13.7. The Bertz CT molecular complexity index is 768. The van der Waals surface area contributed by atoms with Gasteiger partial charge >= 0.3 is 0 Å². The first-order chi connectivity index (χ1) is 11.1. The molecule has 2 aromatic rings. The molecule has 2 aliphatic rings. The molecule has 23 heavy (non-hydrogen) atoms. The van der Waals surface area contributed by atoms with Gasteiger partial charge in [0.05, 0.1) is 19.3 Å². The summed E-state index contributed by atoms with van der Waals surface area (Å²) < 4.78 is 11.1. The van der Waals surface area contributed by atoms with Gasteiger partial charge in [-0.15, -0.1) is 0 Å². The molecule has 1 aliphatic carbocycles. The summed E-state index contributed by atoms with van der Waals surface area (Å²) in [5.41, 5.74) is 3.77. The standard InChI is InChI=1S/C18H22N2O3/c1-10-6-11(2)18(8-21)9-22-17(16(10)12(18)3)13-4-5-14-15(7-13)20-23-19-14/h4-7,11-12,16-17,21H,8-9H2,1-3H3. The summed E-state index contributed by atoms with van der Waals surface area (Å²) >= 11 is 0. The zero-order valence-corrected chi connectivity index (χ0v) is 13.7. The quantitative estimate of drug-likeness (QED) is 0.863. The van der Waals surface area contributed by atoms with Crippen molar-refractivity contribution in [1.29, 1.82) is 0 Å². The summed E-state index contributed by atoms with van der Waals surface area (Å²) in [6.45, 7) is 7.35. The van der Waals surface area contributed by atoms with Gasteiger partial charge in [0.15, 0.2) is 0 Å². The lowest BCUT2D eigenvalue weighted by Crippen LogP contribution is -2.53. The van der Waals surface area contributed by atoms with E-state index in [9.17, 15) is 5.11 Å². The summed E-state index contributed by atoms with van der Waals surface area (Å²) in [6, 6.07) is 5.97. The molecule has 5 nitrogen and oxygen atoms in total. The summed E-state index contributed by atoms with van der Waals surface area (Å²) in [7, 11) is 0. The highest BCUT2D eigenvalue weighted by molar-refractivity contribution is 5.73. The summed E-state index contributed by atoms with van der Waals surface area (Å²) in [5.74, 6) is 0.948. The van der Waals surface area contributed by atoms with Gasteiger partial charge in [-0.2, -0.15) is 0 Å². The molecule has 2 bridgehead atoms. The van der Waals surface area contributed by atoms with Gasteiger partial charge in [0.25, 0.3) is 0 Å². The fourth-order valence-corrected chi connectivity index (χ4v) is 4.56. The molecule has 1 aromatic heterocycles. The molecule has 5 atom stereocenters. The molecule has 5 heteroatoms. The predicted octanol–water partition coefficient (Wildman–Crippen LogP) is 3.12. The molecule has 0 spiro atoms. The lowest BCUT2D eigenvalue weighted by Gasteiger charge is -2.55. The van der Waals surface area contributed by atoms with E-state index in [-0.39, 0.29) is 24.0 Å². The number of nitrogens with zero attached hydrogens (tertiary/aromatic N) is 2. The number of aliphatic hydroxyl groups is 1. The number of benzene rings is 1. The Hall–Kier alpha value is -1.72. The van der Waals surface area contributed by atoms with Crippen molar-refractivity contribution < 1.29 is 14.5 Å². The zero-order chi connectivity index (χ0) is 16.2. The van der Waals surface area contributed by atoms with Gasteiger partial charge in [-0.3, -0.25) is 0 Å². The Morgan fingerprint density at radius 1 is 1.26 bits per heavy atom. The molecule has 1 aromatic carbocycles. The molecule has 1 saturated heterocycles. The Balaban J connectivity index is 1.78. The number of fused-ring (bicyclic) bond motifs is 3. The Labute approximate surface area is 135 Å². The number of hydrogen-bond donors (Lipinski definition) is 1. The van der Waals surface area contributed by atoms with Crippen LogP contribution < -0.4 is 0 Å². The van der Waals surface area contributed by atoms with Crippen molar-refractivity contribution in [3.8, 4) is 0 Å². The van der Waals surface area contributed by atoms with E-state index in [1.165, 1.54) is 5.57 Å². The normalized spacial score (nSPS) is 37.0. The molecule has 0 radical (unpaired) electrons. The molecular formula is C18H22N2O3. The van der Waals surface area contributed by atoms with Crippen molar-refractivity contribution in [2.45, 2.75) is 26.9 Å². The lowest BCUT2D eigenvalue weighted by molar-refractivity contribution is -0.165. The van der Waals surface area contributed by atoms with Crippen LogP contribution in [0.1, 0.15) is 32.4 Å². The van der Waals surface area contributed by atoms with Crippen molar-refractivity contribution in [3.63, 3.8) is 0 Å². The second kappa shape index (κ2) is 5.14. The van der Waals surface area contributed by atoms with Crippen LogP contribution in [-0.2, 0) is 4.74 Å². The van der Waals surface area contributed by atoms with Gasteiger partial charge in [-0.05, 0) is 46.8 Å². The molecule has 2 heterocycles. The van der Waals surface area contributed by atoms with Crippen molar-refractivity contribution >= 4 is 11.0 Å². The number of aliphatic hydroxyl groups excluding tert-OH is 1. The topological polar surface area (TPSA) is 68.4 Å². The van der Waals surface area contributed by atoms with Crippen LogP contribution in [0, 0.1) is 23.2 Å². The van der Waals surface area contributed by atoms with E-state index < -0.39 is 0 Å². The van der Waals surface area contributed by atoms with Crippen molar-refractivity contribution in [2.24, 2.45) is 23.2 Å². The fourth-order valence-electron chi connectivity index (χ4n) is 4.56. The second-order valence-electron chi connectivity index (χ2n) is 7.15. The van der Waals surface area contributed by atoms with Crippen LogP contribution >= 0.6 is 0 Å². The van der Waals surface area contributed by atoms with E-state index in [4.69, 9.17) is 9.37 Å². The minimum Gasteiger partial charge on any atom is -0.396 e. The van der Waals surface area contributed by atoms with Crippen LogP contribution in [-0.4, -0.2) is 28.6 Å². The third kappa shape index (κ3) is 2.00. The summed E-state index contributed by atoms with van der Waals surface area (Å²) in [6.07, 6.45) is 2.29.